The van der Waals surface area contributed by atoms with E-state index in [-0.39, 0.29) is 36.2 Å². The van der Waals surface area contributed by atoms with E-state index in [4.69, 9.17) is 0 Å². The molecule has 2 aromatic carbocycles. The molecular weight excluding hydrogens is 307 g/mol. The zero-order chi connectivity index (χ0) is 16.9. The molecule has 0 saturated carbocycles. The predicted octanol–water partition coefficient (Wildman–Crippen LogP) is 3.20. The van der Waals surface area contributed by atoms with Crippen molar-refractivity contribution in [2.45, 2.75) is 13.0 Å². The number of amides is 1. The van der Waals surface area contributed by atoms with E-state index in [1.165, 1.54) is 17.1 Å². The number of hydrogen-bond acceptors (Lipinski definition) is 3. The van der Waals surface area contributed by atoms with Gasteiger partial charge in [-0.15, -0.1) is 0 Å². The molecule has 4 nitrogen and oxygen atoms in total. The SMILES string of the molecule is O=C1CC(=O)N(Cc2ccc(F)cc2)N=C1C=Cc1ccccc1. The van der Waals surface area contributed by atoms with Crippen LogP contribution < -0.4 is 0 Å². The quantitative estimate of drug-likeness (QED) is 0.812. The summed E-state index contributed by atoms with van der Waals surface area (Å²) in [5.41, 5.74) is 1.92. The molecule has 0 spiro atoms. The molecular formula is C19H15FN2O2. The van der Waals surface area contributed by atoms with Crippen molar-refractivity contribution in [2.24, 2.45) is 5.10 Å². The highest BCUT2D eigenvalue weighted by Crippen LogP contribution is 2.14. The van der Waals surface area contributed by atoms with Gasteiger partial charge in [0, 0.05) is 0 Å². The molecule has 2 aromatic rings. The number of nitrogens with zero attached hydrogens (tertiary/aromatic N) is 2. The first-order chi connectivity index (χ1) is 11.6. The number of carbonyl (C=O) groups excluding carboxylic acids is 2. The van der Waals surface area contributed by atoms with E-state index in [9.17, 15) is 14.0 Å². The largest absolute Gasteiger partial charge is 0.292 e. The summed E-state index contributed by atoms with van der Waals surface area (Å²) < 4.78 is 13.0. The van der Waals surface area contributed by atoms with Crippen molar-refractivity contribution >= 4 is 23.5 Å². The van der Waals surface area contributed by atoms with E-state index in [1.807, 2.05) is 30.3 Å². The van der Waals surface area contributed by atoms with Gasteiger partial charge in [-0.3, -0.25) is 9.59 Å². The van der Waals surface area contributed by atoms with Crippen LogP contribution in [0.15, 0.2) is 65.8 Å². The Bertz CT molecular complexity index is 811. The van der Waals surface area contributed by atoms with Gasteiger partial charge in [0.05, 0.1) is 13.0 Å². The van der Waals surface area contributed by atoms with Gasteiger partial charge in [-0.05, 0) is 29.3 Å². The minimum atomic E-state index is -0.360. The van der Waals surface area contributed by atoms with Crippen molar-refractivity contribution in [1.82, 2.24) is 5.01 Å². The number of allylic oxidation sites excluding steroid dienone is 1. The Kier molecular flexibility index (Phi) is 4.61. The molecule has 0 saturated heterocycles. The van der Waals surface area contributed by atoms with E-state index < -0.39 is 0 Å². The minimum Gasteiger partial charge on any atom is -0.292 e. The monoisotopic (exact) mass is 322 g/mol. The fourth-order valence-corrected chi connectivity index (χ4v) is 2.31. The van der Waals surface area contributed by atoms with E-state index in [1.54, 1.807) is 24.3 Å². The zero-order valence-electron chi connectivity index (χ0n) is 12.9. The smallest absolute Gasteiger partial charge is 0.250 e. The number of halogens is 1. The van der Waals surface area contributed by atoms with Gasteiger partial charge in [0.15, 0.2) is 5.78 Å². The van der Waals surface area contributed by atoms with Gasteiger partial charge >= 0.3 is 0 Å². The molecule has 0 fully saturated rings. The topological polar surface area (TPSA) is 49.7 Å². The molecule has 0 bridgehead atoms. The Morgan fingerprint density at radius 2 is 1.71 bits per heavy atom. The second kappa shape index (κ2) is 7.00. The van der Waals surface area contributed by atoms with Crippen molar-refractivity contribution in [3.8, 4) is 0 Å². The van der Waals surface area contributed by atoms with Crippen LogP contribution in [0.25, 0.3) is 6.08 Å². The first-order valence-electron chi connectivity index (χ1n) is 7.51. The second-order valence-electron chi connectivity index (χ2n) is 5.41. The molecule has 1 aliphatic heterocycles. The highest BCUT2D eigenvalue weighted by molar-refractivity contribution is 6.48. The molecule has 0 N–H and O–H groups in total. The van der Waals surface area contributed by atoms with Crippen molar-refractivity contribution in [3.63, 3.8) is 0 Å². The van der Waals surface area contributed by atoms with Crippen LogP contribution >= 0.6 is 0 Å². The van der Waals surface area contributed by atoms with Crippen molar-refractivity contribution in [3.05, 3.63) is 77.6 Å². The van der Waals surface area contributed by atoms with E-state index >= 15 is 0 Å². The van der Waals surface area contributed by atoms with Crippen LogP contribution in [0.4, 0.5) is 4.39 Å². The second-order valence-corrected chi connectivity index (χ2v) is 5.41. The lowest BCUT2D eigenvalue weighted by atomic mass is 10.1. The van der Waals surface area contributed by atoms with E-state index in [0.717, 1.165) is 11.1 Å². The average molecular weight is 322 g/mol. The highest BCUT2D eigenvalue weighted by atomic mass is 19.1. The van der Waals surface area contributed by atoms with Gasteiger partial charge in [-0.25, -0.2) is 9.40 Å². The van der Waals surface area contributed by atoms with Gasteiger partial charge in [-0.1, -0.05) is 48.5 Å². The number of ketones is 1. The maximum absolute atomic E-state index is 13.0. The third-order valence-corrected chi connectivity index (χ3v) is 3.59. The van der Waals surface area contributed by atoms with Crippen molar-refractivity contribution < 1.29 is 14.0 Å². The molecule has 1 aliphatic rings. The first kappa shape index (κ1) is 15.8. The summed E-state index contributed by atoms with van der Waals surface area (Å²) in [5, 5.41) is 5.40. The van der Waals surface area contributed by atoms with Gasteiger partial charge in [0.25, 0.3) is 5.91 Å². The van der Waals surface area contributed by atoms with Crippen molar-refractivity contribution in [2.75, 3.05) is 0 Å². The third kappa shape index (κ3) is 3.81. The summed E-state index contributed by atoms with van der Waals surface area (Å²) >= 11 is 0. The molecule has 0 radical (unpaired) electrons. The van der Waals surface area contributed by atoms with Crippen LogP contribution in [0, 0.1) is 5.82 Å². The molecule has 24 heavy (non-hydrogen) atoms. The fourth-order valence-electron chi connectivity index (χ4n) is 2.31. The minimum absolute atomic E-state index is 0.203. The standard InChI is InChI=1S/C19H15FN2O2/c20-16-9-6-15(7-10-16)13-22-19(24)12-18(23)17(21-22)11-8-14-4-2-1-3-5-14/h1-11H,12-13H2. The summed E-state index contributed by atoms with van der Waals surface area (Å²) in [6.07, 6.45) is 3.18. The normalized spacial score (nSPS) is 15.0. The van der Waals surface area contributed by atoms with Crippen LogP contribution in [0.5, 0.6) is 0 Å². The van der Waals surface area contributed by atoms with E-state index in [2.05, 4.69) is 5.10 Å². The lowest BCUT2D eigenvalue weighted by molar-refractivity contribution is -0.135. The number of rotatable bonds is 4. The maximum Gasteiger partial charge on any atom is 0.250 e. The number of hydrogen-bond donors (Lipinski definition) is 0. The molecule has 1 heterocycles. The lowest BCUT2D eigenvalue weighted by Crippen LogP contribution is -2.36. The Morgan fingerprint density at radius 3 is 2.42 bits per heavy atom. The molecule has 1 amide bonds. The van der Waals surface area contributed by atoms with Crippen LogP contribution in [0.3, 0.4) is 0 Å². The first-order valence-corrected chi connectivity index (χ1v) is 7.51. The third-order valence-electron chi connectivity index (χ3n) is 3.59. The summed E-state index contributed by atoms with van der Waals surface area (Å²) in [6.45, 7) is 0.203. The van der Waals surface area contributed by atoms with Crippen LogP contribution in [-0.2, 0) is 16.1 Å². The Hall–Kier alpha value is -3.08. The Morgan fingerprint density at radius 1 is 1.00 bits per heavy atom. The molecule has 0 unspecified atom stereocenters. The van der Waals surface area contributed by atoms with Gasteiger partial charge in [-0.2, -0.15) is 5.10 Å². The molecule has 5 heteroatoms. The summed E-state index contributed by atoms with van der Waals surface area (Å²) in [5.74, 6) is -1.00. The number of Topliss-reactive ketones (excluding diaryl/α,β-unsaturated/α-hetero) is 1. The molecule has 0 aromatic heterocycles. The molecule has 3 rings (SSSR count). The van der Waals surface area contributed by atoms with Crippen LogP contribution in [0.1, 0.15) is 17.5 Å². The summed E-state index contributed by atoms with van der Waals surface area (Å²) in [4.78, 5) is 24.0. The fraction of sp³-hybridized carbons (Fsp3) is 0.105. The van der Waals surface area contributed by atoms with Gasteiger partial charge in [0.1, 0.15) is 11.5 Å². The Labute approximate surface area is 138 Å². The lowest BCUT2D eigenvalue weighted by Gasteiger charge is -2.21. The Balaban J connectivity index is 1.80. The summed E-state index contributed by atoms with van der Waals surface area (Å²) in [6, 6.07) is 15.4. The summed E-state index contributed by atoms with van der Waals surface area (Å²) in [7, 11) is 0. The highest BCUT2D eigenvalue weighted by Gasteiger charge is 2.26. The molecule has 120 valence electrons. The van der Waals surface area contributed by atoms with Crippen LogP contribution in [-0.4, -0.2) is 22.4 Å². The van der Waals surface area contributed by atoms with Crippen LogP contribution in [0.2, 0.25) is 0 Å². The van der Waals surface area contributed by atoms with Crippen molar-refractivity contribution in [1.29, 1.82) is 0 Å². The number of hydrazone groups is 1. The zero-order valence-corrected chi connectivity index (χ0v) is 12.9. The van der Waals surface area contributed by atoms with Gasteiger partial charge < -0.3 is 0 Å². The number of benzene rings is 2. The number of carbonyl (C=O) groups is 2. The van der Waals surface area contributed by atoms with Gasteiger partial charge in [0.2, 0.25) is 0 Å². The van der Waals surface area contributed by atoms with E-state index in [0.29, 0.717) is 0 Å². The molecule has 0 aliphatic carbocycles. The average Bonchev–Trinajstić information content (AvgIpc) is 2.59. The predicted molar refractivity (Wildman–Crippen MR) is 89.5 cm³/mol. The maximum atomic E-state index is 13.0. The molecule has 0 atom stereocenters.